The molecule has 1 unspecified atom stereocenters. The Bertz CT molecular complexity index is 891. The van der Waals surface area contributed by atoms with Crippen LogP contribution in [0.4, 0.5) is 0 Å². The van der Waals surface area contributed by atoms with Crippen molar-refractivity contribution in [2.24, 2.45) is 11.1 Å². The monoisotopic (exact) mass is 369 g/mol. The Morgan fingerprint density at radius 3 is 1.93 bits per heavy atom. The number of primary amides is 1. The number of hydrogen-bond acceptors (Lipinski definition) is 1. The number of benzene rings is 3. The van der Waals surface area contributed by atoms with E-state index in [2.05, 4.69) is 48.5 Å². The van der Waals surface area contributed by atoms with Crippen molar-refractivity contribution in [3.63, 3.8) is 0 Å². The predicted molar refractivity (Wildman–Crippen MR) is 114 cm³/mol. The molecule has 0 saturated heterocycles. The highest BCUT2D eigenvalue weighted by molar-refractivity contribution is 5.83. The van der Waals surface area contributed by atoms with Crippen LogP contribution < -0.4 is 5.73 Å². The molecule has 0 fully saturated rings. The fourth-order valence-corrected chi connectivity index (χ4v) is 4.90. The summed E-state index contributed by atoms with van der Waals surface area (Å²) in [7, 11) is 0. The van der Waals surface area contributed by atoms with Crippen LogP contribution in [0.15, 0.2) is 84.9 Å². The van der Waals surface area contributed by atoms with Gasteiger partial charge in [-0.3, -0.25) is 4.79 Å². The molecule has 2 nitrogen and oxygen atoms in total. The van der Waals surface area contributed by atoms with Gasteiger partial charge in [0.05, 0.1) is 5.41 Å². The molecule has 2 heteroatoms. The van der Waals surface area contributed by atoms with Gasteiger partial charge in [0.15, 0.2) is 0 Å². The Morgan fingerprint density at radius 2 is 1.36 bits per heavy atom. The molecule has 0 radical (unpaired) electrons. The average Bonchev–Trinajstić information content (AvgIpc) is 2.74. The van der Waals surface area contributed by atoms with Gasteiger partial charge in [-0.1, -0.05) is 84.9 Å². The van der Waals surface area contributed by atoms with E-state index >= 15 is 0 Å². The molecule has 3 aromatic rings. The zero-order valence-electron chi connectivity index (χ0n) is 16.2. The number of aryl methyl sites for hydroxylation is 1. The van der Waals surface area contributed by atoms with Crippen molar-refractivity contribution < 1.29 is 4.79 Å². The maximum Gasteiger partial charge on any atom is 0.224 e. The van der Waals surface area contributed by atoms with Crippen molar-refractivity contribution in [3.05, 3.63) is 107 Å². The Balaban J connectivity index is 1.84. The van der Waals surface area contributed by atoms with E-state index < -0.39 is 5.41 Å². The van der Waals surface area contributed by atoms with Crippen molar-refractivity contribution in [2.45, 2.75) is 38.0 Å². The summed E-state index contributed by atoms with van der Waals surface area (Å²) in [5.74, 6) is -0.0581. The van der Waals surface area contributed by atoms with Gasteiger partial charge in [-0.25, -0.2) is 0 Å². The Morgan fingerprint density at radius 1 is 0.821 bits per heavy atom. The molecule has 0 aliphatic heterocycles. The molecule has 0 aromatic heterocycles. The molecule has 3 aromatic carbocycles. The second-order valence-electron chi connectivity index (χ2n) is 7.99. The third kappa shape index (κ3) is 3.60. The lowest BCUT2D eigenvalue weighted by Gasteiger charge is -2.42. The standard InChI is InChI=1S/C26H27NO/c27-25(28)26(18-20-10-3-1-4-11-20,19-21-12-5-2-6-13-21)24-17-9-15-22-14-7-8-16-23(22)24/h1-8,10-14,16,24H,9,15,17-19H2,(H2,27,28). The van der Waals surface area contributed by atoms with Gasteiger partial charge in [0.1, 0.15) is 0 Å². The van der Waals surface area contributed by atoms with Crippen molar-refractivity contribution in [1.82, 2.24) is 0 Å². The molecule has 0 spiro atoms. The van der Waals surface area contributed by atoms with Crippen LogP contribution in [0.3, 0.4) is 0 Å². The predicted octanol–water partition coefficient (Wildman–Crippen LogP) is 5.06. The Labute approximate surface area is 167 Å². The molecule has 2 N–H and O–H groups in total. The van der Waals surface area contributed by atoms with Gasteiger partial charge < -0.3 is 5.73 Å². The summed E-state index contributed by atoms with van der Waals surface area (Å²) in [4.78, 5) is 13.2. The molecular weight excluding hydrogens is 342 g/mol. The molecule has 1 amide bonds. The summed E-state index contributed by atoms with van der Waals surface area (Å²) in [5, 5.41) is 0. The first-order valence-corrected chi connectivity index (χ1v) is 10.1. The van der Waals surface area contributed by atoms with Crippen molar-refractivity contribution in [3.8, 4) is 0 Å². The fourth-order valence-electron chi connectivity index (χ4n) is 4.90. The molecule has 1 aliphatic rings. The third-order valence-electron chi connectivity index (χ3n) is 6.25. The molecule has 0 saturated carbocycles. The summed E-state index contributed by atoms with van der Waals surface area (Å²) >= 11 is 0. The van der Waals surface area contributed by atoms with Gasteiger partial charge in [0.2, 0.25) is 5.91 Å². The van der Waals surface area contributed by atoms with Crippen LogP contribution in [-0.4, -0.2) is 5.91 Å². The van der Waals surface area contributed by atoms with E-state index in [4.69, 9.17) is 5.73 Å². The van der Waals surface area contributed by atoms with Gasteiger partial charge >= 0.3 is 0 Å². The first kappa shape index (κ1) is 18.5. The largest absolute Gasteiger partial charge is 0.369 e. The lowest BCUT2D eigenvalue weighted by molar-refractivity contribution is -0.129. The van der Waals surface area contributed by atoms with Crippen LogP contribution in [0, 0.1) is 5.41 Å². The van der Waals surface area contributed by atoms with E-state index in [0.717, 1.165) is 19.3 Å². The van der Waals surface area contributed by atoms with Gasteiger partial charge in [-0.2, -0.15) is 0 Å². The fraction of sp³-hybridized carbons (Fsp3) is 0.269. The van der Waals surface area contributed by atoms with Crippen LogP contribution in [0.25, 0.3) is 0 Å². The molecule has 28 heavy (non-hydrogen) atoms. The van der Waals surface area contributed by atoms with E-state index in [1.54, 1.807) is 0 Å². The quantitative estimate of drug-likeness (QED) is 0.648. The van der Waals surface area contributed by atoms with Crippen molar-refractivity contribution in [2.75, 3.05) is 0 Å². The molecule has 0 bridgehead atoms. The smallest absolute Gasteiger partial charge is 0.224 e. The van der Waals surface area contributed by atoms with Crippen molar-refractivity contribution in [1.29, 1.82) is 0 Å². The summed E-state index contributed by atoms with van der Waals surface area (Å²) in [5.41, 5.74) is 10.6. The van der Waals surface area contributed by atoms with E-state index in [9.17, 15) is 4.79 Å². The second kappa shape index (κ2) is 8.02. The summed E-state index contributed by atoms with van der Waals surface area (Å²) in [6.45, 7) is 0. The molecule has 1 atom stereocenters. The maximum atomic E-state index is 13.2. The number of carbonyl (C=O) groups excluding carboxylic acids is 1. The van der Waals surface area contributed by atoms with E-state index in [0.29, 0.717) is 12.8 Å². The zero-order chi connectivity index (χ0) is 19.4. The van der Waals surface area contributed by atoms with Crippen LogP contribution >= 0.6 is 0 Å². The minimum atomic E-state index is -0.640. The lowest BCUT2D eigenvalue weighted by Crippen LogP contribution is -2.46. The summed E-state index contributed by atoms with van der Waals surface area (Å²) in [6.07, 6.45) is 4.51. The number of nitrogens with two attached hydrogens (primary N) is 1. The van der Waals surface area contributed by atoms with Crippen LogP contribution in [0.5, 0.6) is 0 Å². The Kier molecular flexibility index (Phi) is 5.29. The van der Waals surface area contributed by atoms with Crippen LogP contribution in [0.1, 0.15) is 41.0 Å². The van der Waals surface area contributed by atoms with Crippen LogP contribution in [-0.2, 0) is 24.1 Å². The van der Waals surface area contributed by atoms with Gasteiger partial charge in [-0.05, 0) is 60.3 Å². The third-order valence-corrected chi connectivity index (χ3v) is 6.25. The summed E-state index contributed by atoms with van der Waals surface area (Å²) in [6, 6.07) is 29.2. The van der Waals surface area contributed by atoms with Gasteiger partial charge in [0, 0.05) is 0 Å². The average molecular weight is 370 g/mol. The molecule has 142 valence electrons. The highest BCUT2D eigenvalue weighted by Crippen LogP contribution is 2.48. The number of hydrogen-bond donors (Lipinski definition) is 1. The van der Waals surface area contributed by atoms with Gasteiger partial charge in [0.25, 0.3) is 0 Å². The topological polar surface area (TPSA) is 43.1 Å². The minimum Gasteiger partial charge on any atom is -0.369 e. The number of carbonyl (C=O) groups is 1. The number of fused-ring (bicyclic) bond motifs is 1. The van der Waals surface area contributed by atoms with E-state index in [1.165, 1.54) is 22.3 Å². The molecule has 0 heterocycles. The SMILES string of the molecule is NC(=O)C(Cc1ccccc1)(Cc1ccccc1)C1CCCc2ccccc21. The van der Waals surface area contributed by atoms with E-state index in [-0.39, 0.29) is 11.8 Å². The van der Waals surface area contributed by atoms with Crippen LogP contribution in [0.2, 0.25) is 0 Å². The molecule has 4 rings (SSSR count). The molecular formula is C26H27NO. The second-order valence-corrected chi connectivity index (χ2v) is 7.99. The Hall–Kier alpha value is -2.87. The lowest BCUT2D eigenvalue weighted by atomic mass is 9.61. The van der Waals surface area contributed by atoms with Crippen molar-refractivity contribution >= 4 is 5.91 Å². The number of amides is 1. The summed E-state index contributed by atoms with van der Waals surface area (Å²) < 4.78 is 0. The highest BCUT2D eigenvalue weighted by Gasteiger charge is 2.46. The molecule has 1 aliphatic carbocycles. The van der Waals surface area contributed by atoms with E-state index in [1.807, 2.05) is 36.4 Å². The normalized spacial score (nSPS) is 16.4. The zero-order valence-corrected chi connectivity index (χ0v) is 16.2. The number of rotatable bonds is 6. The maximum absolute atomic E-state index is 13.2. The minimum absolute atomic E-state index is 0.135. The first-order valence-electron chi connectivity index (χ1n) is 10.1. The first-order chi connectivity index (χ1) is 13.7. The van der Waals surface area contributed by atoms with Gasteiger partial charge in [-0.15, -0.1) is 0 Å². The highest BCUT2D eigenvalue weighted by atomic mass is 16.1.